The first-order chi connectivity index (χ1) is 11.1. The second-order valence-corrected chi connectivity index (χ2v) is 4.57. The van der Waals surface area contributed by atoms with Crippen LogP contribution in [-0.2, 0) is 0 Å². The molecule has 2 aromatic rings. The van der Waals surface area contributed by atoms with Crippen molar-refractivity contribution in [2.45, 2.75) is 18.8 Å². The largest absolute Gasteiger partial charge is 0.573 e. The van der Waals surface area contributed by atoms with Gasteiger partial charge in [0.25, 0.3) is 0 Å². The highest BCUT2D eigenvalue weighted by molar-refractivity contribution is 5.45. The molecular formula is C15H10F6O3. The lowest BCUT2D eigenvalue weighted by Gasteiger charge is -2.20. The SMILES string of the molecule is OC(c1ccccc1OC(F)(F)F)c1ccccc1OC(F)(F)F. The fraction of sp³-hybridized carbons (Fsp3) is 0.200. The van der Waals surface area contributed by atoms with Crippen LogP contribution in [-0.4, -0.2) is 17.8 Å². The minimum atomic E-state index is -5.02. The number of alkyl halides is 6. The maximum Gasteiger partial charge on any atom is 0.573 e. The van der Waals surface area contributed by atoms with E-state index in [9.17, 15) is 31.4 Å². The predicted octanol–water partition coefficient (Wildman–Crippen LogP) is 4.57. The number of benzene rings is 2. The third kappa shape index (κ3) is 4.79. The molecule has 0 atom stereocenters. The Morgan fingerprint density at radius 2 is 1.00 bits per heavy atom. The van der Waals surface area contributed by atoms with Crippen molar-refractivity contribution in [1.29, 1.82) is 0 Å². The molecule has 0 aliphatic carbocycles. The van der Waals surface area contributed by atoms with Crippen LogP contribution in [0.1, 0.15) is 17.2 Å². The van der Waals surface area contributed by atoms with Crippen LogP contribution in [0, 0.1) is 0 Å². The van der Waals surface area contributed by atoms with Gasteiger partial charge in [-0.1, -0.05) is 36.4 Å². The van der Waals surface area contributed by atoms with Gasteiger partial charge in [-0.2, -0.15) is 0 Å². The molecule has 0 radical (unpaired) electrons. The summed E-state index contributed by atoms with van der Waals surface area (Å²) < 4.78 is 82.1. The van der Waals surface area contributed by atoms with Crippen LogP contribution in [0.3, 0.4) is 0 Å². The molecule has 1 N–H and O–H groups in total. The Hall–Kier alpha value is -2.42. The number of aliphatic hydroxyl groups excluding tert-OH is 1. The smallest absolute Gasteiger partial charge is 0.405 e. The third-order valence-electron chi connectivity index (χ3n) is 2.88. The fourth-order valence-electron chi connectivity index (χ4n) is 2.02. The molecule has 130 valence electrons. The van der Waals surface area contributed by atoms with E-state index in [-0.39, 0.29) is 11.1 Å². The van der Waals surface area contributed by atoms with Gasteiger partial charge in [0.15, 0.2) is 0 Å². The molecule has 0 amide bonds. The number of hydrogen-bond acceptors (Lipinski definition) is 3. The van der Waals surface area contributed by atoms with E-state index in [1.54, 1.807) is 0 Å². The first kappa shape index (κ1) is 17.9. The van der Waals surface area contributed by atoms with E-state index >= 15 is 0 Å². The number of hydrogen-bond donors (Lipinski definition) is 1. The number of para-hydroxylation sites is 2. The Balaban J connectivity index is 2.42. The van der Waals surface area contributed by atoms with Gasteiger partial charge in [0.05, 0.1) is 0 Å². The first-order valence-electron chi connectivity index (χ1n) is 6.44. The van der Waals surface area contributed by atoms with E-state index in [2.05, 4.69) is 9.47 Å². The average molecular weight is 352 g/mol. The molecule has 0 spiro atoms. The summed E-state index contributed by atoms with van der Waals surface area (Å²) in [5.74, 6) is -1.45. The minimum absolute atomic E-state index is 0.354. The monoisotopic (exact) mass is 352 g/mol. The van der Waals surface area contributed by atoms with Gasteiger partial charge in [0.2, 0.25) is 0 Å². The molecule has 2 aromatic carbocycles. The van der Waals surface area contributed by atoms with Crippen LogP contribution in [0.4, 0.5) is 26.3 Å². The maximum atomic E-state index is 12.4. The highest BCUT2D eigenvalue weighted by Crippen LogP contribution is 2.38. The quantitative estimate of drug-likeness (QED) is 0.820. The van der Waals surface area contributed by atoms with E-state index in [1.165, 1.54) is 24.3 Å². The molecule has 0 saturated carbocycles. The maximum absolute atomic E-state index is 12.4. The molecule has 24 heavy (non-hydrogen) atoms. The molecule has 0 unspecified atom stereocenters. The fourth-order valence-corrected chi connectivity index (χ4v) is 2.02. The standard InChI is InChI=1S/C15H10F6O3/c16-14(17,18)23-11-7-3-1-5-9(11)13(22)10-6-2-4-8-12(10)24-15(19,20)21/h1-8,13,22H. The van der Waals surface area contributed by atoms with Crippen LogP contribution in [0.5, 0.6) is 11.5 Å². The van der Waals surface area contributed by atoms with E-state index in [4.69, 9.17) is 0 Å². The van der Waals surface area contributed by atoms with E-state index in [0.717, 1.165) is 24.3 Å². The summed E-state index contributed by atoms with van der Waals surface area (Å²) in [5, 5.41) is 10.3. The summed E-state index contributed by atoms with van der Waals surface area (Å²) in [5.41, 5.74) is -0.707. The molecule has 3 nitrogen and oxygen atoms in total. The zero-order valence-corrected chi connectivity index (χ0v) is 11.7. The van der Waals surface area contributed by atoms with Crippen molar-refractivity contribution in [2.24, 2.45) is 0 Å². The summed E-state index contributed by atoms with van der Waals surface area (Å²) in [4.78, 5) is 0. The van der Waals surface area contributed by atoms with Crippen molar-refractivity contribution in [3.63, 3.8) is 0 Å². The summed E-state index contributed by atoms with van der Waals surface area (Å²) in [6.45, 7) is 0. The number of halogens is 6. The van der Waals surface area contributed by atoms with Crippen LogP contribution >= 0.6 is 0 Å². The molecule has 0 saturated heterocycles. The van der Waals surface area contributed by atoms with Crippen molar-refractivity contribution in [3.05, 3.63) is 59.7 Å². The van der Waals surface area contributed by atoms with Gasteiger partial charge < -0.3 is 14.6 Å². The highest BCUT2D eigenvalue weighted by atomic mass is 19.4. The summed E-state index contributed by atoms with van der Waals surface area (Å²) in [7, 11) is 0. The van der Waals surface area contributed by atoms with Gasteiger partial charge in [0.1, 0.15) is 17.6 Å². The van der Waals surface area contributed by atoms with Crippen LogP contribution in [0.25, 0.3) is 0 Å². The molecule has 0 bridgehead atoms. The lowest BCUT2D eigenvalue weighted by Crippen LogP contribution is -2.20. The first-order valence-corrected chi connectivity index (χ1v) is 6.44. The van der Waals surface area contributed by atoms with Gasteiger partial charge in [-0.25, -0.2) is 0 Å². The van der Waals surface area contributed by atoms with Crippen LogP contribution in [0.15, 0.2) is 48.5 Å². The topological polar surface area (TPSA) is 38.7 Å². The molecule has 0 aliphatic rings. The zero-order valence-electron chi connectivity index (χ0n) is 11.7. The number of aliphatic hydroxyl groups is 1. The second-order valence-electron chi connectivity index (χ2n) is 4.57. The molecule has 2 rings (SSSR count). The predicted molar refractivity (Wildman–Crippen MR) is 70.3 cm³/mol. The van der Waals surface area contributed by atoms with Gasteiger partial charge in [-0.3, -0.25) is 0 Å². The van der Waals surface area contributed by atoms with E-state index in [0.29, 0.717) is 0 Å². The van der Waals surface area contributed by atoms with Gasteiger partial charge in [-0.05, 0) is 12.1 Å². The Bertz CT molecular complexity index is 637. The summed E-state index contributed by atoms with van der Waals surface area (Å²) in [6, 6.07) is 9.19. The molecular weight excluding hydrogens is 342 g/mol. The summed E-state index contributed by atoms with van der Waals surface area (Å²) >= 11 is 0. The molecule has 0 aromatic heterocycles. The lowest BCUT2D eigenvalue weighted by molar-refractivity contribution is -0.275. The normalized spacial score (nSPS) is 12.3. The van der Waals surface area contributed by atoms with Gasteiger partial charge in [-0.15, -0.1) is 26.3 Å². The third-order valence-corrected chi connectivity index (χ3v) is 2.88. The van der Waals surface area contributed by atoms with Crippen molar-refractivity contribution < 1.29 is 40.9 Å². The Morgan fingerprint density at radius 3 is 1.33 bits per heavy atom. The van der Waals surface area contributed by atoms with E-state index in [1.807, 2.05) is 0 Å². The Labute approximate surface area is 132 Å². The highest BCUT2D eigenvalue weighted by Gasteiger charge is 2.35. The summed E-state index contributed by atoms with van der Waals surface area (Å²) in [6.07, 6.45) is -11.8. The van der Waals surface area contributed by atoms with Gasteiger partial charge in [0, 0.05) is 11.1 Å². The molecule has 0 fully saturated rings. The van der Waals surface area contributed by atoms with Crippen molar-refractivity contribution in [2.75, 3.05) is 0 Å². The molecule has 9 heteroatoms. The Morgan fingerprint density at radius 1 is 0.667 bits per heavy atom. The van der Waals surface area contributed by atoms with Crippen LogP contribution in [0.2, 0.25) is 0 Å². The zero-order chi connectivity index (χ0) is 18.0. The van der Waals surface area contributed by atoms with Gasteiger partial charge >= 0.3 is 12.7 Å². The van der Waals surface area contributed by atoms with Crippen molar-refractivity contribution in [3.8, 4) is 11.5 Å². The average Bonchev–Trinajstić information content (AvgIpc) is 2.44. The Kier molecular flexibility index (Phi) is 4.93. The molecule has 0 heterocycles. The second kappa shape index (κ2) is 6.60. The molecule has 0 aliphatic heterocycles. The lowest BCUT2D eigenvalue weighted by atomic mass is 10.00. The van der Waals surface area contributed by atoms with Crippen LogP contribution < -0.4 is 9.47 Å². The minimum Gasteiger partial charge on any atom is -0.405 e. The van der Waals surface area contributed by atoms with Crippen molar-refractivity contribution in [1.82, 2.24) is 0 Å². The number of ether oxygens (including phenoxy) is 2. The number of rotatable bonds is 4. The van der Waals surface area contributed by atoms with E-state index < -0.39 is 30.3 Å². The van der Waals surface area contributed by atoms with Crippen molar-refractivity contribution >= 4 is 0 Å².